The van der Waals surface area contributed by atoms with Gasteiger partial charge in [0.25, 0.3) is 0 Å². The molecule has 0 aromatic carbocycles. The van der Waals surface area contributed by atoms with Crippen LogP contribution in [0.3, 0.4) is 0 Å². The molecule has 0 spiro atoms. The maximum Gasteiger partial charge on any atom is 0.433 e. The first-order valence-corrected chi connectivity index (χ1v) is 5.21. The van der Waals surface area contributed by atoms with Crippen LogP contribution in [-0.2, 0) is 19.8 Å². The fourth-order valence-electron chi connectivity index (χ4n) is 1.45. The van der Waals surface area contributed by atoms with Gasteiger partial charge in [-0.25, -0.2) is 4.98 Å². The van der Waals surface area contributed by atoms with E-state index in [0.29, 0.717) is 6.54 Å². The second kappa shape index (κ2) is 4.67. The van der Waals surface area contributed by atoms with E-state index in [9.17, 15) is 13.2 Å². The van der Waals surface area contributed by atoms with Gasteiger partial charge < -0.3 is 5.32 Å². The van der Waals surface area contributed by atoms with Crippen LogP contribution in [-0.4, -0.2) is 14.8 Å². The van der Waals surface area contributed by atoms with E-state index >= 15 is 0 Å². The van der Waals surface area contributed by atoms with Crippen LogP contribution in [0.25, 0.3) is 0 Å². The Labute approximate surface area is 101 Å². The van der Waals surface area contributed by atoms with E-state index in [1.807, 2.05) is 0 Å². The second-order valence-corrected chi connectivity index (χ2v) is 3.78. The maximum atomic E-state index is 12.4. The lowest BCUT2D eigenvalue weighted by atomic mass is 10.3. The average Bonchev–Trinajstić information content (AvgIpc) is 2.72. The van der Waals surface area contributed by atoms with Gasteiger partial charge in [-0.2, -0.15) is 18.3 Å². The van der Waals surface area contributed by atoms with Gasteiger partial charge in [0.2, 0.25) is 0 Å². The first-order valence-electron chi connectivity index (χ1n) is 5.21. The number of halogens is 3. The molecule has 1 N–H and O–H groups in total. The minimum atomic E-state index is -4.42. The fourth-order valence-corrected chi connectivity index (χ4v) is 1.45. The Morgan fingerprint density at radius 3 is 2.72 bits per heavy atom. The Morgan fingerprint density at radius 1 is 1.33 bits per heavy atom. The number of aryl methyl sites for hydroxylation is 1. The molecule has 7 heteroatoms. The quantitative estimate of drug-likeness (QED) is 0.917. The van der Waals surface area contributed by atoms with Crippen LogP contribution in [0.15, 0.2) is 30.6 Å². The van der Waals surface area contributed by atoms with E-state index in [-0.39, 0.29) is 5.82 Å². The topological polar surface area (TPSA) is 42.7 Å². The number of aromatic nitrogens is 3. The summed E-state index contributed by atoms with van der Waals surface area (Å²) in [7, 11) is 1.77. The highest BCUT2D eigenvalue weighted by atomic mass is 19.4. The van der Waals surface area contributed by atoms with Crippen LogP contribution in [0.2, 0.25) is 0 Å². The molecule has 0 fully saturated rings. The number of rotatable bonds is 3. The van der Waals surface area contributed by atoms with Crippen LogP contribution >= 0.6 is 0 Å². The Kier molecular flexibility index (Phi) is 3.22. The van der Waals surface area contributed by atoms with Gasteiger partial charge in [-0.3, -0.25) is 4.68 Å². The van der Waals surface area contributed by atoms with Gasteiger partial charge in [-0.05, 0) is 12.1 Å². The number of pyridine rings is 1. The zero-order valence-corrected chi connectivity index (χ0v) is 9.57. The number of anilines is 1. The third kappa shape index (κ3) is 2.99. The summed E-state index contributed by atoms with van der Waals surface area (Å²) < 4.78 is 38.9. The zero-order valence-electron chi connectivity index (χ0n) is 9.57. The van der Waals surface area contributed by atoms with Crippen molar-refractivity contribution in [2.45, 2.75) is 12.7 Å². The first-order chi connectivity index (χ1) is 8.45. The molecule has 96 valence electrons. The van der Waals surface area contributed by atoms with Crippen molar-refractivity contribution in [3.63, 3.8) is 0 Å². The molecule has 0 amide bonds. The molecular formula is C11H11F3N4. The summed E-state index contributed by atoms with van der Waals surface area (Å²) >= 11 is 0. The molecule has 0 saturated carbocycles. The summed E-state index contributed by atoms with van der Waals surface area (Å²) in [4.78, 5) is 3.50. The molecule has 0 aliphatic heterocycles. The highest BCUT2D eigenvalue weighted by Crippen LogP contribution is 2.28. The van der Waals surface area contributed by atoms with Gasteiger partial charge in [0, 0.05) is 25.4 Å². The third-order valence-electron chi connectivity index (χ3n) is 2.27. The summed E-state index contributed by atoms with van der Waals surface area (Å²) in [6.07, 6.45) is -1.01. The van der Waals surface area contributed by atoms with Gasteiger partial charge in [-0.15, -0.1) is 0 Å². The molecule has 0 bridgehead atoms. The summed E-state index contributed by atoms with van der Waals surface area (Å²) in [6.45, 7) is 0.377. The van der Waals surface area contributed by atoms with Gasteiger partial charge in [0.1, 0.15) is 11.5 Å². The van der Waals surface area contributed by atoms with Gasteiger partial charge in [-0.1, -0.05) is 6.07 Å². The van der Waals surface area contributed by atoms with Crippen molar-refractivity contribution in [1.82, 2.24) is 14.8 Å². The van der Waals surface area contributed by atoms with Gasteiger partial charge >= 0.3 is 6.18 Å². The summed E-state index contributed by atoms with van der Waals surface area (Å²) in [6, 6.07) is 3.75. The molecule has 2 aromatic heterocycles. The van der Waals surface area contributed by atoms with Crippen LogP contribution < -0.4 is 5.32 Å². The van der Waals surface area contributed by atoms with Crippen LogP contribution in [0.5, 0.6) is 0 Å². The average molecular weight is 256 g/mol. The van der Waals surface area contributed by atoms with Crippen molar-refractivity contribution in [2.24, 2.45) is 7.05 Å². The maximum absolute atomic E-state index is 12.4. The third-order valence-corrected chi connectivity index (χ3v) is 2.27. The SMILES string of the molecule is Cn1cc(CNc2cccc(C(F)(F)F)n2)cn1. The van der Waals surface area contributed by atoms with Crippen LogP contribution in [0.1, 0.15) is 11.3 Å². The standard InChI is InChI=1S/C11H11F3N4/c1-18-7-8(6-16-18)5-15-10-4-2-3-9(17-10)11(12,13)14/h2-4,6-7H,5H2,1H3,(H,15,17). The first kappa shape index (κ1) is 12.4. The minimum absolute atomic E-state index is 0.189. The van der Waals surface area contributed by atoms with Gasteiger partial charge in [0.05, 0.1) is 6.20 Å². The monoisotopic (exact) mass is 256 g/mol. The molecule has 0 saturated heterocycles. The molecule has 0 aliphatic carbocycles. The largest absolute Gasteiger partial charge is 0.433 e. The Bertz CT molecular complexity index is 533. The molecule has 2 heterocycles. The van der Waals surface area contributed by atoms with E-state index in [1.165, 1.54) is 12.1 Å². The van der Waals surface area contributed by atoms with Crippen molar-refractivity contribution in [1.29, 1.82) is 0 Å². The number of nitrogens with one attached hydrogen (secondary N) is 1. The fraction of sp³-hybridized carbons (Fsp3) is 0.273. The van der Waals surface area contributed by atoms with Crippen molar-refractivity contribution >= 4 is 5.82 Å². The lowest BCUT2D eigenvalue weighted by Gasteiger charge is -2.08. The minimum Gasteiger partial charge on any atom is -0.366 e. The van der Waals surface area contributed by atoms with Crippen molar-refractivity contribution in [3.05, 3.63) is 41.9 Å². The van der Waals surface area contributed by atoms with E-state index in [1.54, 1.807) is 24.1 Å². The molecule has 0 unspecified atom stereocenters. The number of alkyl halides is 3. The van der Waals surface area contributed by atoms with Crippen LogP contribution in [0, 0.1) is 0 Å². The molecule has 2 rings (SSSR count). The smallest absolute Gasteiger partial charge is 0.366 e. The molecular weight excluding hydrogens is 245 g/mol. The lowest BCUT2D eigenvalue weighted by Crippen LogP contribution is -2.10. The Balaban J connectivity index is 2.06. The zero-order chi connectivity index (χ0) is 13.2. The second-order valence-electron chi connectivity index (χ2n) is 3.78. The number of hydrogen-bond donors (Lipinski definition) is 1. The van der Waals surface area contributed by atoms with Crippen molar-refractivity contribution < 1.29 is 13.2 Å². The molecule has 0 radical (unpaired) electrons. The summed E-state index contributed by atoms with van der Waals surface area (Å²) in [5.41, 5.74) is -0.0320. The van der Waals surface area contributed by atoms with Crippen molar-refractivity contribution in [3.8, 4) is 0 Å². The highest BCUT2D eigenvalue weighted by Gasteiger charge is 2.32. The lowest BCUT2D eigenvalue weighted by molar-refractivity contribution is -0.141. The highest BCUT2D eigenvalue weighted by molar-refractivity contribution is 5.36. The predicted octanol–water partition coefficient (Wildman–Crippen LogP) is 2.45. The Hall–Kier alpha value is -2.05. The molecule has 4 nitrogen and oxygen atoms in total. The normalized spacial score (nSPS) is 11.6. The molecule has 0 aliphatic rings. The van der Waals surface area contributed by atoms with Gasteiger partial charge in [0.15, 0.2) is 0 Å². The number of hydrogen-bond acceptors (Lipinski definition) is 3. The van der Waals surface area contributed by atoms with Crippen LogP contribution in [0.4, 0.5) is 19.0 Å². The predicted molar refractivity (Wildman–Crippen MR) is 59.8 cm³/mol. The summed E-state index contributed by atoms with van der Waals surface area (Å²) in [5.74, 6) is 0.189. The van der Waals surface area contributed by atoms with Crippen molar-refractivity contribution in [2.75, 3.05) is 5.32 Å². The van der Waals surface area contributed by atoms with E-state index in [2.05, 4.69) is 15.4 Å². The molecule has 2 aromatic rings. The summed E-state index contributed by atoms with van der Waals surface area (Å²) in [5, 5.41) is 6.78. The van der Waals surface area contributed by atoms with E-state index in [4.69, 9.17) is 0 Å². The van der Waals surface area contributed by atoms with E-state index in [0.717, 1.165) is 11.6 Å². The van der Waals surface area contributed by atoms with E-state index < -0.39 is 11.9 Å². The molecule has 18 heavy (non-hydrogen) atoms. The Morgan fingerprint density at radius 2 is 2.11 bits per heavy atom. The number of nitrogens with zero attached hydrogens (tertiary/aromatic N) is 3. The molecule has 0 atom stereocenters.